The Morgan fingerprint density at radius 1 is 1.10 bits per heavy atom. The summed E-state index contributed by atoms with van der Waals surface area (Å²) in [4.78, 5) is 26.9. The molecule has 1 aromatic rings. The number of nitrogens with one attached hydrogen (secondary N) is 1. The molecule has 2 heterocycles. The minimum atomic E-state index is -0.675. The highest BCUT2D eigenvalue weighted by Crippen LogP contribution is 2.39. The second kappa shape index (κ2) is 8.61. The Morgan fingerprint density at radius 3 is 2.42 bits per heavy atom. The standard InChI is InChI=1S/C23H30ClN3O4/c1-23(2,3)31-22(29)27-19(15-6-4-5-7-15)14-20-18(12-13-30-20)26(27)21(28)25-17-10-8-16(24)9-11-17/h8-11,14-15,18-19H,4-7,12-13H2,1-3H3,(H,25,28)/t18-,19-/m1/s1. The number of hydrazine groups is 1. The highest BCUT2D eigenvalue weighted by Gasteiger charge is 2.48. The Bertz CT molecular complexity index is 859. The lowest BCUT2D eigenvalue weighted by molar-refractivity contribution is -0.0685. The minimum Gasteiger partial charge on any atom is -0.496 e. The molecule has 1 aromatic carbocycles. The van der Waals surface area contributed by atoms with Crippen molar-refractivity contribution in [2.24, 2.45) is 5.92 Å². The lowest BCUT2D eigenvalue weighted by Crippen LogP contribution is -2.63. The van der Waals surface area contributed by atoms with Crippen LogP contribution in [0.2, 0.25) is 5.02 Å². The van der Waals surface area contributed by atoms with Gasteiger partial charge in [0.25, 0.3) is 0 Å². The fourth-order valence-electron chi connectivity index (χ4n) is 4.57. The first-order valence-corrected chi connectivity index (χ1v) is 11.3. The van der Waals surface area contributed by atoms with E-state index >= 15 is 0 Å². The minimum absolute atomic E-state index is 0.260. The summed E-state index contributed by atoms with van der Waals surface area (Å²) in [5, 5.41) is 6.52. The molecule has 7 nitrogen and oxygen atoms in total. The number of ether oxygens (including phenoxy) is 2. The molecule has 3 amide bonds. The molecule has 1 saturated heterocycles. The second-order valence-electron chi connectivity index (χ2n) is 9.36. The Morgan fingerprint density at radius 2 is 1.77 bits per heavy atom. The van der Waals surface area contributed by atoms with Gasteiger partial charge in [0.2, 0.25) is 0 Å². The summed E-state index contributed by atoms with van der Waals surface area (Å²) in [6.45, 7) is 6.01. The van der Waals surface area contributed by atoms with Crippen molar-refractivity contribution in [3.8, 4) is 0 Å². The van der Waals surface area contributed by atoms with Crippen LogP contribution in [0.4, 0.5) is 15.3 Å². The Kier molecular flexibility index (Phi) is 6.06. The molecule has 0 bridgehead atoms. The van der Waals surface area contributed by atoms with Crippen LogP contribution in [0.15, 0.2) is 36.1 Å². The molecule has 0 aromatic heterocycles. The van der Waals surface area contributed by atoms with Gasteiger partial charge in [-0.05, 0) is 69.9 Å². The fourth-order valence-corrected chi connectivity index (χ4v) is 4.69. The van der Waals surface area contributed by atoms with Gasteiger partial charge in [-0.3, -0.25) is 0 Å². The number of nitrogens with zero attached hydrogens (tertiary/aromatic N) is 2. The first kappa shape index (κ1) is 21.8. The Labute approximate surface area is 188 Å². The first-order chi connectivity index (χ1) is 14.7. The van der Waals surface area contributed by atoms with Crippen molar-refractivity contribution in [2.45, 2.75) is 70.6 Å². The van der Waals surface area contributed by atoms with E-state index in [0.717, 1.165) is 31.4 Å². The van der Waals surface area contributed by atoms with Crippen molar-refractivity contribution in [2.75, 3.05) is 11.9 Å². The van der Waals surface area contributed by atoms with Gasteiger partial charge in [0, 0.05) is 17.1 Å². The van der Waals surface area contributed by atoms with Crippen molar-refractivity contribution in [3.05, 3.63) is 41.1 Å². The molecule has 31 heavy (non-hydrogen) atoms. The number of benzene rings is 1. The van der Waals surface area contributed by atoms with E-state index in [1.54, 1.807) is 24.3 Å². The van der Waals surface area contributed by atoms with E-state index in [0.29, 0.717) is 23.7 Å². The van der Waals surface area contributed by atoms with Crippen LogP contribution in [0.25, 0.3) is 0 Å². The molecule has 0 radical (unpaired) electrons. The molecule has 2 aliphatic heterocycles. The molecule has 1 N–H and O–H groups in total. The zero-order chi connectivity index (χ0) is 22.2. The molecule has 8 heteroatoms. The van der Waals surface area contributed by atoms with E-state index in [-0.39, 0.29) is 18.0 Å². The number of halogens is 1. The summed E-state index contributed by atoms with van der Waals surface area (Å²) in [6, 6.07) is 5.89. The van der Waals surface area contributed by atoms with Gasteiger partial charge in [-0.25, -0.2) is 19.6 Å². The number of fused-ring (bicyclic) bond motifs is 1. The van der Waals surface area contributed by atoms with Gasteiger partial charge in [0.05, 0.1) is 12.6 Å². The Balaban J connectivity index is 1.69. The number of hydrogen-bond donors (Lipinski definition) is 1. The molecule has 1 aliphatic carbocycles. The number of anilines is 1. The molecule has 0 unspecified atom stereocenters. The lowest BCUT2D eigenvalue weighted by Gasteiger charge is -2.46. The van der Waals surface area contributed by atoms with Crippen molar-refractivity contribution in [3.63, 3.8) is 0 Å². The molecule has 1 saturated carbocycles. The molecule has 0 spiro atoms. The monoisotopic (exact) mass is 447 g/mol. The van der Waals surface area contributed by atoms with Gasteiger partial charge < -0.3 is 14.8 Å². The zero-order valence-corrected chi connectivity index (χ0v) is 19.0. The van der Waals surface area contributed by atoms with E-state index < -0.39 is 17.7 Å². The van der Waals surface area contributed by atoms with Crippen molar-refractivity contribution in [1.82, 2.24) is 10.0 Å². The van der Waals surface area contributed by atoms with Crippen LogP contribution >= 0.6 is 11.6 Å². The molecule has 168 valence electrons. The van der Waals surface area contributed by atoms with Crippen LogP contribution in [-0.4, -0.2) is 46.4 Å². The van der Waals surface area contributed by atoms with Crippen molar-refractivity contribution in [1.29, 1.82) is 0 Å². The highest BCUT2D eigenvalue weighted by molar-refractivity contribution is 6.30. The zero-order valence-electron chi connectivity index (χ0n) is 18.3. The first-order valence-electron chi connectivity index (χ1n) is 11.0. The van der Waals surface area contributed by atoms with Gasteiger partial charge >= 0.3 is 12.1 Å². The SMILES string of the molecule is CC(C)(C)OC(=O)N1[C@@H](C2CCCC2)C=C2OCC[C@H]2N1C(=O)Nc1ccc(Cl)cc1. The van der Waals surface area contributed by atoms with Gasteiger partial charge in [0.1, 0.15) is 17.4 Å². The van der Waals surface area contributed by atoms with Crippen LogP contribution < -0.4 is 5.32 Å². The number of rotatable bonds is 2. The lowest BCUT2D eigenvalue weighted by atomic mass is 9.94. The third-order valence-electron chi connectivity index (χ3n) is 5.90. The maximum atomic E-state index is 13.5. The third kappa shape index (κ3) is 4.76. The predicted molar refractivity (Wildman–Crippen MR) is 119 cm³/mol. The van der Waals surface area contributed by atoms with E-state index in [4.69, 9.17) is 21.1 Å². The molecule has 2 fully saturated rings. The van der Waals surface area contributed by atoms with Crippen LogP contribution in [0, 0.1) is 5.92 Å². The summed E-state index contributed by atoms with van der Waals surface area (Å²) in [7, 11) is 0. The number of hydrogen-bond acceptors (Lipinski definition) is 4. The Hall–Kier alpha value is -2.41. The van der Waals surface area contributed by atoms with Gasteiger partial charge in [-0.2, -0.15) is 0 Å². The number of carbonyl (C=O) groups excluding carboxylic acids is 2. The summed E-state index contributed by atoms with van der Waals surface area (Å²) < 4.78 is 11.6. The maximum absolute atomic E-state index is 13.5. The number of amides is 3. The average Bonchev–Trinajstić information content (AvgIpc) is 3.38. The summed E-state index contributed by atoms with van der Waals surface area (Å²) >= 11 is 5.97. The van der Waals surface area contributed by atoms with Crippen molar-refractivity contribution < 1.29 is 19.1 Å². The van der Waals surface area contributed by atoms with Gasteiger partial charge in [0.15, 0.2) is 0 Å². The summed E-state index contributed by atoms with van der Waals surface area (Å²) in [5.74, 6) is 1.03. The molecule has 3 aliphatic rings. The van der Waals surface area contributed by atoms with E-state index in [2.05, 4.69) is 5.32 Å². The number of urea groups is 1. The summed E-state index contributed by atoms with van der Waals surface area (Å²) in [6.07, 6.45) is 6.38. The topological polar surface area (TPSA) is 71.1 Å². The van der Waals surface area contributed by atoms with Crippen LogP contribution in [0.3, 0.4) is 0 Å². The van der Waals surface area contributed by atoms with E-state index in [1.807, 2.05) is 26.8 Å². The highest BCUT2D eigenvalue weighted by atomic mass is 35.5. The van der Waals surface area contributed by atoms with E-state index in [9.17, 15) is 9.59 Å². The molecular formula is C23H30ClN3O4. The predicted octanol–water partition coefficient (Wildman–Crippen LogP) is 5.57. The molecule has 2 atom stereocenters. The van der Waals surface area contributed by atoms with Crippen LogP contribution in [-0.2, 0) is 9.47 Å². The van der Waals surface area contributed by atoms with Crippen LogP contribution in [0.1, 0.15) is 52.9 Å². The maximum Gasteiger partial charge on any atom is 0.430 e. The van der Waals surface area contributed by atoms with E-state index in [1.165, 1.54) is 10.0 Å². The quantitative estimate of drug-likeness (QED) is 0.643. The normalized spacial score (nSPS) is 23.8. The largest absolute Gasteiger partial charge is 0.496 e. The average molecular weight is 448 g/mol. The smallest absolute Gasteiger partial charge is 0.430 e. The second-order valence-corrected chi connectivity index (χ2v) is 9.80. The number of carbonyl (C=O) groups is 2. The third-order valence-corrected chi connectivity index (χ3v) is 6.15. The van der Waals surface area contributed by atoms with Gasteiger partial charge in [-0.1, -0.05) is 24.4 Å². The summed E-state index contributed by atoms with van der Waals surface area (Å²) in [5.41, 5.74) is -0.0720. The van der Waals surface area contributed by atoms with Crippen molar-refractivity contribution >= 4 is 29.4 Å². The van der Waals surface area contributed by atoms with Crippen LogP contribution in [0.5, 0.6) is 0 Å². The molecular weight excluding hydrogens is 418 g/mol. The fraction of sp³-hybridized carbons (Fsp3) is 0.565. The molecule has 4 rings (SSSR count). The van der Waals surface area contributed by atoms with Gasteiger partial charge in [-0.15, -0.1) is 0 Å².